The van der Waals surface area contributed by atoms with Crippen LogP contribution in [-0.4, -0.2) is 9.13 Å². The molecule has 5 nitrogen and oxygen atoms in total. The summed E-state index contributed by atoms with van der Waals surface area (Å²) < 4.78 is 18.3. The molecular formula is C72H45N3O2. The minimum Gasteiger partial charge on any atom is -0.454 e. The molecule has 0 saturated carbocycles. The lowest BCUT2D eigenvalue weighted by atomic mass is 9.92. The molecular weight excluding hydrogens is 939 g/mol. The largest absolute Gasteiger partial charge is 0.454 e. The van der Waals surface area contributed by atoms with Crippen molar-refractivity contribution in [1.82, 2.24) is 9.13 Å². The van der Waals surface area contributed by atoms with Gasteiger partial charge in [0.1, 0.15) is 11.2 Å². The van der Waals surface area contributed by atoms with Crippen LogP contribution in [0, 0.1) is 0 Å². The summed E-state index contributed by atoms with van der Waals surface area (Å²) in [6.45, 7) is 0. The molecule has 0 amide bonds. The molecule has 0 aliphatic carbocycles. The topological polar surface area (TPSA) is 39.4 Å². The third kappa shape index (κ3) is 6.81. The summed E-state index contributed by atoms with van der Waals surface area (Å²) in [5.74, 6) is 0. The molecule has 0 spiro atoms. The van der Waals surface area contributed by atoms with Gasteiger partial charge in [0.25, 0.3) is 0 Å². The standard InChI is InChI=1S/C72H45N3O2/c1-3-17-52(18-4-1)73-63-27-11-7-21-55(63)57-39-35-47(44-67(57)73)50-41-49(42-51(43-50)48-36-40-58-56-22-8-12-28-64(56)74(68(58)45-48)53-19-5-2-6-20-53)46-33-37-54(38-34-46)75(65-29-15-25-61-59-23-9-13-31-69(59)76-71(61)65)66-30-16-26-62-60-24-10-14-32-70(60)77-72(62)66/h1-45H. The summed E-state index contributed by atoms with van der Waals surface area (Å²) in [7, 11) is 0. The Bertz CT molecular complexity index is 4690. The normalized spacial score (nSPS) is 11.9. The maximum absolute atomic E-state index is 6.76. The fourth-order valence-corrected chi connectivity index (χ4v) is 12.2. The molecule has 16 rings (SSSR count). The van der Waals surface area contributed by atoms with E-state index in [1.807, 2.05) is 24.3 Å². The number of aromatic nitrogens is 2. The maximum Gasteiger partial charge on any atom is 0.159 e. The second-order valence-corrected chi connectivity index (χ2v) is 20.0. The minimum atomic E-state index is 0.815. The molecule has 0 unspecified atom stereocenters. The first-order valence-electron chi connectivity index (χ1n) is 26.2. The summed E-state index contributed by atoms with van der Waals surface area (Å²) in [6, 6.07) is 98.3. The highest BCUT2D eigenvalue weighted by Gasteiger charge is 2.24. The van der Waals surface area contributed by atoms with E-state index < -0.39 is 0 Å². The predicted octanol–water partition coefficient (Wildman–Crippen LogP) is 20.2. The van der Waals surface area contributed by atoms with Gasteiger partial charge in [0.15, 0.2) is 11.2 Å². The van der Waals surface area contributed by atoms with Crippen LogP contribution in [0.5, 0.6) is 0 Å². The molecule has 4 aromatic heterocycles. The number of benzene rings is 12. The number of hydrogen-bond acceptors (Lipinski definition) is 3. The molecule has 12 aromatic carbocycles. The molecule has 0 N–H and O–H groups in total. The van der Waals surface area contributed by atoms with Crippen molar-refractivity contribution in [3.63, 3.8) is 0 Å². The fraction of sp³-hybridized carbons (Fsp3) is 0. The van der Waals surface area contributed by atoms with E-state index in [4.69, 9.17) is 8.83 Å². The van der Waals surface area contributed by atoms with Gasteiger partial charge in [-0.3, -0.25) is 0 Å². The lowest BCUT2D eigenvalue weighted by Crippen LogP contribution is -2.10. The quantitative estimate of drug-likeness (QED) is 0.152. The second-order valence-electron chi connectivity index (χ2n) is 20.0. The van der Waals surface area contributed by atoms with Gasteiger partial charge < -0.3 is 22.9 Å². The Hall–Kier alpha value is -10.4. The highest BCUT2D eigenvalue weighted by molar-refractivity contribution is 6.15. The van der Waals surface area contributed by atoms with Crippen molar-refractivity contribution < 1.29 is 8.83 Å². The molecule has 0 fully saturated rings. The average Bonchev–Trinajstić information content (AvgIpc) is 4.34. The first-order chi connectivity index (χ1) is 38.2. The van der Waals surface area contributed by atoms with E-state index in [1.165, 1.54) is 43.6 Å². The number of nitrogens with zero attached hydrogens (tertiary/aromatic N) is 3. The zero-order valence-electron chi connectivity index (χ0n) is 41.6. The van der Waals surface area contributed by atoms with Gasteiger partial charge in [-0.05, 0) is 137 Å². The van der Waals surface area contributed by atoms with E-state index in [0.717, 1.165) is 106 Å². The van der Waals surface area contributed by atoms with Crippen LogP contribution >= 0.6 is 0 Å². The Balaban J connectivity index is 0.900. The molecule has 0 atom stereocenters. The third-order valence-electron chi connectivity index (χ3n) is 15.7. The number of furan rings is 2. The fourth-order valence-electron chi connectivity index (χ4n) is 12.2. The first-order valence-corrected chi connectivity index (χ1v) is 26.2. The summed E-state index contributed by atoms with van der Waals surface area (Å²) >= 11 is 0. The zero-order chi connectivity index (χ0) is 50.6. The monoisotopic (exact) mass is 983 g/mol. The molecule has 0 aliphatic rings. The maximum atomic E-state index is 6.76. The van der Waals surface area contributed by atoms with Crippen LogP contribution in [0.3, 0.4) is 0 Å². The predicted molar refractivity (Wildman–Crippen MR) is 321 cm³/mol. The van der Waals surface area contributed by atoms with Crippen LogP contribution in [0.1, 0.15) is 0 Å². The molecule has 0 aliphatic heterocycles. The van der Waals surface area contributed by atoms with E-state index >= 15 is 0 Å². The molecule has 360 valence electrons. The van der Waals surface area contributed by atoms with Gasteiger partial charge in [-0.15, -0.1) is 0 Å². The van der Waals surface area contributed by atoms with Gasteiger partial charge in [0.05, 0.1) is 33.4 Å². The number of hydrogen-bond donors (Lipinski definition) is 0. The summed E-state index contributed by atoms with van der Waals surface area (Å²) in [4.78, 5) is 2.29. The number of rotatable bonds is 8. The van der Waals surface area contributed by atoms with Crippen molar-refractivity contribution in [3.8, 4) is 44.8 Å². The molecule has 4 heterocycles. The first kappa shape index (κ1) is 43.1. The highest BCUT2D eigenvalue weighted by atomic mass is 16.3. The summed E-state index contributed by atoms with van der Waals surface area (Å²) in [6.07, 6.45) is 0. The van der Waals surface area contributed by atoms with Crippen LogP contribution < -0.4 is 4.90 Å². The van der Waals surface area contributed by atoms with Crippen molar-refractivity contribution in [2.45, 2.75) is 0 Å². The van der Waals surface area contributed by atoms with Gasteiger partial charge in [-0.1, -0.05) is 170 Å². The molecule has 77 heavy (non-hydrogen) atoms. The van der Waals surface area contributed by atoms with E-state index in [1.54, 1.807) is 0 Å². The van der Waals surface area contributed by atoms with Crippen molar-refractivity contribution in [1.29, 1.82) is 0 Å². The number of anilines is 3. The number of fused-ring (bicyclic) bond motifs is 12. The Labute approximate surface area is 442 Å². The van der Waals surface area contributed by atoms with Crippen molar-refractivity contribution in [2.24, 2.45) is 0 Å². The Kier molecular flexibility index (Phi) is 9.57. The lowest BCUT2D eigenvalue weighted by Gasteiger charge is -2.26. The Morgan fingerprint density at radius 2 is 0.623 bits per heavy atom. The molecule has 16 aromatic rings. The van der Waals surface area contributed by atoms with Crippen molar-refractivity contribution >= 4 is 105 Å². The lowest BCUT2D eigenvalue weighted by molar-refractivity contribution is 0.666. The highest BCUT2D eigenvalue weighted by Crippen LogP contribution is 2.47. The molecule has 0 saturated heterocycles. The third-order valence-corrected chi connectivity index (χ3v) is 15.7. The molecule has 0 radical (unpaired) electrons. The van der Waals surface area contributed by atoms with E-state index in [0.29, 0.717) is 0 Å². The SMILES string of the molecule is c1ccc(-n2c3ccccc3c3ccc(-c4cc(-c5ccc(N(c6cccc7c6oc6ccccc67)c6cccc7c6oc6ccccc67)cc5)cc(-c5ccc6c7ccccc7n(-c7ccccc7)c6c5)c4)cc32)cc1. The van der Waals surface area contributed by atoms with Crippen LogP contribution in [0.15, 0.2) is 282 Å². The smallest absolute Gasteiger partial charge is 0.159 e. The summed E-state index contributed by atoms with van der Waals surface area (Å²) in [5.41, 5.74) is 19.9. The second kappa shape index (κ2) is 17.1. The Morgan fingerprint density at radius 1 is 0.247 bits per heavy atom. The zero-order valence-corrected chi connectivity index (χ0v) is 41.6. The van der Waals surface area contributed by atoms with Crippen molar-refractivity contribution in [3.05, 3.63) is 273 Å². The van der Waals surface area contributed by atoms with E-state index in [2.05, 4.69) is 263 Å². The molecule has 0 bridgehead atoms. The van der Waals surface area contributed by atoms with Crippen molar-refractivity contribution in [2.75, 3.05) is 4.90 Å². The molecule has 5 heteroatoms. The van der Waals surface area contributed by atoms with E-state index in [-0.39, 0.29) is 0 Å². The van der Waals surface area contributed by atoms with Crippen LogP contribution in [-0.2, 0) is 0 Å². The van der Waals surface area contributed by atoms with Gasteiger partial charge in [0, 0.05) is 60.2 Å². The Morgan fingerprint density at radius 3 is 1.10 bits per heavy atom. The van der Waals surface area contributed by atoms with Gasteiger partial charge in [-0.25, -0.2) is 0 Å². The summed E-state index contributed by atoms with van der Waals surface area (Å²) in [5, 5.41) is 9.20. The van der Waals surface area contributed by atoms with Gasteiger partial charge >= 0.3 is 0 Å². The van der Waals surface area contributed by atoms with Gasteiger partial charge in [-0.2, -0.15) is 0 Å². The van der Waals surface area contributed by atoms with E-state index in [9.17, 15) is 0 Å². The average molecular weight is 984 g/mol. The minimum absolute atomic E-state index is 0.815. The van der Waals surface area contributed by atoms with Crippen LogP contribution in [0.2, 0.25) is 0 Å². The van der Waals surface area contributed by atoms with Gasteiger partial charge in [0.2, 0.25) is 0 Å². The number of para-hydroxylation sites is 8. The van der Waals surface area contributed by atoms with Crippen LogP contribution in [0.25, 0.3) is 132 Å². The van der Waals surface area contributed by atoms with Crippen LogP contribution in [0.4, 0.5) is 17.1 Å².